The van der Waals surface area contributed by atoms with Gasteiger partial charge in [0.25, 0.3) is 0 Å². The second-order valence-corrected chi connectivity index (χ2v) is 4.66. The summed E-state index contributed by atoms with van der Waals surface area (Å²) in [7, 11) is 0. The summed E-state index contributed by atoms with van der Waals surface area (Å²) in [5.41, 5.74) is 0.757. The van der Waals surface area contributed by atoms with Crippen molar-refractivity contribution in [2.24, 2.45) is 0 Å². The molecule has 1 aromatic rings. The van der Waals surface area contributed by atoms with Crippen molar-refractivity contribution in [3.8, 4) is 0 Å². The van der Waals surface area contributed by atoms with Gasteiger partial charge in [-0.05, 0) is 37.8 Å². The maximum Gasteiger partial charge on any atom is 0.237 e. The van der Waals surface area contributed by atoms with E-state index >= 15 is 0 Å². The second-order valence-electron chi connectivity index (χ2n) is 4.66. The molecule has 1 aromatic heterocycles. The number of amides is 1. The molecular weight excluding hydrogens is 233 g/mol. The van der Waals surface area contributed by atoms with Crippen LogP contribution in [0.2, 0.25) is 0 Å². The third-order valence-electron chi connectivity index (χ3n) is 3.21. The van der Waals surface area contributed by atoms with Crippen molar-refractivity contribution in [1.29, 1.82) is 0 Å². The molecule has 0 aromatic carbocycles. The van der Waals surface area contributed by atoms with Crippen molar-refractivity contribution in [1.82, 2.24) is 15.6 Å². The van der Waals surface area contributed by atoms with Gasteiger partial charge in [0.05, 0.1) is 12.2 Å². The number of hydrogen-bond donors (Lipinski definition) is 2. The number of nitrogens with zero attached hydrogens (tertiary/aromatic N) is 1. The van der Waals surface area contributed by atoms with Crippen LogP contribution in [0.4, 0.5) is 4.39 Å². The summed E-state index contributed by atoms with van der Waals surface area (Å²) in [4.78, 5) is 15.6. The minimum absolute atomic E-state index is 0.0312. The van der Waals surface area contributed by atoms with E-state index in [-0.39, 0.29) is 23.8 Å². The first-order chi connectivity index (χ1) is 8.66. The second kappa shape index (κ2) is 5.91. The van der Waals surface area contributed by atoms with E-state index in [0.29, 0.717) is 0 Å². The summed E-state index contributed by atoms with van der Waals surface area (Å²) < 4.78 is 13.1. The van der Waals surface area contributed by atoms with Crippen LogP contribution in [0.5, 0.6) is 0 Å². The Hall–Kier alpha value is -1.49. The van der Waals surface area contributed by atoms with Gasteiger partial charge in [-0.1, -0.05) is 0 Å². The van der Waals surface area contributed by atoms with E-state index in [4.69, 9.17) is 0 Å². The molecule has 0 aliphatic carbocycles. The van der Waals surface area contributed by atoms with Gasteiger partial charge in [0.1, 0.15) is 5.82 Å². The van der Waals surface area contributed by atoms with Crippen LogP contribution < -0.4 is 10.6 Å². The van der Waals surface area contributed by atoms with Crippen LogP contribution in [0, 0.1) is 5.82 Å². The van der Waals surface area contributed by atoms with Crippen molar-refractivity contribution < 1.29 is 9.18 Å². The number of pyridine rings is 1. The minimum Gasteiger partial charge on any atom is -0.355 e. The normalized spacial score (nSPS) is 22.1. The van der Waals surface area contributed by atoms with E-state index < -0.39 is 0 Å². The molecule has 0 saturated carbocycles. The van der Waals surface area contributed by atoms with Crippen LogP contribution in [0.3, 0.4) is 0 Å². The Labute approximate surface area is 106 Å². The Kier molecular flexibility index (Phi) is 4.25. The number of hydrogen-bond acceptors (Lipinski definition) is 3. The SMILES string of the molecule is CC(NC1CCCCNC1=O)c1cncc(F)c1. The molecule has 0 spiro atoms. The molecular formula is C13H18FN3O. The Morgan fingerprint density at radius 3 is 3.11 bits per heavy atom. The molecule has 2 rings (SSSR count). The van der Waals surface area contributed by atoms with Gasteiger partial charge in [0.15, 0.2) is 0 Å². The highest BCUT2D eigenvalue weighted by molar-refractivity contribution is 5.81. The van der Waals surface area contributed by atoms with E-state index in [1.54, 1.807) is 6.20 Å². The molecule has 5 heteroatoms. The molecule has 0 radical (unpaired) electrons. The van der Waals surface area contributed by atoms with E-state index in [0.717, 1.165) is 31.4 Å². The van der Waals surface area contributed by atoms with Crippen molar-refractivity contribution in [2.75, 3.05) is 6.54 Å². The van der Waals surface area contributed by atoms with Crippen molar-refractivity contribution in [3.63, 3.8) is 0 Å². The molecule has 2 heterocycles. The van der Waals surface area contributed by atoms with Gasteiger partial charge >= 0.3 is 0 Å². The third-order valence-corrected chi connectivity index (χ3v) is 3.21. The number of aromatic nitrogens is 1. The fourth-order valence-corrected chi connectivity index (χ4v) is 2.16. The summed E-state index contributed by atoms with van der Waals surface area (Å²) >= 11 is 0. The van der Waals surface area contributed by atoms with Crippen LogP contribution in [0.15, 0.2) is 18.5 Å². The molecule has 4 nitrogen and oxygen atoms in total. The topological polar surface area (TPSA) is 54.0 Å². The first kappa shape index (κ1) is 13.0. The van der Waals surface area contributed by atoms with Crippen LogP contribution in [-0.2, 0) is 4.79 Å². The van der Waals surface area contributed by atoms with Gasteiger partial charge in [-0.3, -0.25) is 15.1 Å². The zero-order valence-corrected chi connectivity index (χ0v) is 10.4. The van der Waals surface area contributed by atoms with Crippen molar-refractivity contribution in [2.45, 2.75) is 38.3 Å². The quantitative estimate of drug-likeness (QED) is 0.856. The van der Waals surface area contributed by atoms with Gasteiger partial charge in [-0.25, -0.2) is 4.39 Å². The maximum absolute atomic E-state index is 13.1. The average Bonchev–Trinajstić information content (AvgIpc) is 2.55. The van der Waals surface area contributed by atoms with Crippen molar-refractivity contribution in [3.05, 3.63) is 29.8 Å². The molecule has 0 bridgehead atoms. The molecule has 1 aliphatic heterocycles. The zero-order valence-electron chi connectivity index (χ0n) is 10.4. The number of nitrogens with one attached hydrogen (secondary N) is 2. The number of carbonyl (C=O) groups is 1. The predicted molar refractivity (Wildman–Crippen MR) is 66.4 cm³/mol. The summed E-state index contributed by atoms with van der Waals surface area (Å²) in [5, 5.41) is 6.11. The van der Waals surface area contributed by atoms with E-state index in [9.17, 15) is 9.18 Å². The molecule has 1 amide bonds. The minimum atomic E-state index is -0.355. The zero-order chi connectivity index (χ0) is 13.0. The summed E-state index contributed by atoms with van der Waals surface area (Å²) in [6.45, 7) is 2.65. The highest BCUT2D eigenvalue weighted by Crippen LogP contribution is 2.15. The van der Waals surface area contributed by atoms with Gasteiger partial charge in [-0.2, -0.15) is 0 Å². The molecule has 18 heavy (non-hydrogen) atoms. The Morgan fingerprint density at radius 2 is 2.33 bits per heavy atom. The summed E-state index contributed by atoms with van der Waals surface area (Å²) in [6, 6.07) is 1.15. The van der Waals surface area contributed by atoms with Gasteiger partial charge in [0.2, 0.25) is 5.91 Å². The predicted octanol–water partition coefficient (Wildman–Crippen LogP) is 1.54. The molecule has 1 fully saturated rings. The fourth-order valence-electron chi connectivity index (χ4n) is 2.16. The first-order valence-electron chi connectivity index (χ1n) is 6.31. The fraction of sp³-hybridized carbons (Fsp3) is 0.538. The largest absolute Gasteiger partial charge is 0.355 e. The van der Waals surface area contributed by atoms with Gasteiger partial charge in [0, 0.05) is 18.8 Å². The van der Waals surface area contributed by atoms with Crippen LogP contribution >= 0.6 is 0 Å². The maximum atomic E-state index is 13.1. The molecule has 2 N–H and O–H groups in total. The smallest absolute Gasteiger partial charge is 0.237 e. The molecule has 1 aliphatic rings. The third kappa shape index (κ3) is 3.26. The van der Waals surface area contributed by atoms with Gasteiger partial charge < -0.3 is 5.32 Å². The van der Waals surface area contributed by atoms with Crippen molar-refractivity contribution >= 4 is 5.91 Å². The highest BCUT2D eigenvalue weighted by Gasteiger charge is 2.22. The summed E-state index contributed by atoms with van der Waals surface area (Å²) in [6.07, 6.45) is 5.65. The van der Waals surface area contributed by atoms with E-state index in [1.165, 1.54) is 12.3 Å². The molecule has 98 valence electrons. The Bertz CT molecular complexity index is 424. The highest BCUT2D eigenvalue weighted by atomic mass is 19.1. The first-order valence-corrected chi connectivity index (χ1v) is 6.31. The summed E-state index contributed by atoms with van der Waals surface area (Å²) in [5.74, 6) is -0.324. The Morgan fingerprint density at radius 1 is 1.50 bits per heavy atom. The van der Waals surface area contributed by atoms with Gasteiger partial charge in [-0.15, -0.1) is 0 Å². The average molecular weight is 251 g/mol. The molecule has 2 unspecified atom stereocenters. The van der Waals surface area contributed by atoms with Crippen LogP contribution in [-0.4, -0.2) is 23.5 Å². The van der Waals surface area contributed by atoms with E-state index in [2.05, 4.69) is 15.6 Å². The van der Waals surface area contributed by atoms with E-state index in [1.807, 2.05) is 6.92 Å². The lowest BCUT2D eigenvalue weighted by molar-refractivity contribution is -0.123. The number of rotatable bonds is 3. The number of carbonyl (C=O) groups excluding carboxylic acids is 1. The monoisotopic (exact) mass is 251 g/mol. The van der Waals surface area contributed by atoms with Crippen LogP contribution in [0.25, 0.3) is 0 Å². The van der Waals surface area contributed by atoms with Crippen LogP contribution in [0.1, 0.15) is 37.8 Å². The molecule has 2 atom stereocenters. The molecule has 1 saturated heterocycles. The standard InChI is InChI=1S/C13H18FN3O/c1-9(10-6-11(14)8-15-7-10)17-12-4-2-3-5-16-13(12)18/h6-9,12,17H,2-5H2,1H3,(H,16,18). The Balaban J connectivity index is 2.01. The lowest BCUT2D eigenvalue weighted by atomic mass is 10.1. The lowest BCUT2D eigenvalue weighted by Crippen LogP contribution is -2.43. The number of halogens is 1. The lowest BCUT2D eigenvalue weighted by Gasteiger charge is -2.21.